The van der Waals surface area contributed by atoms with Gasteiger partial charge in [-0.15, -0.1) is 0 Å². The van der Waals surface area contributed by atoms with Crippen LogP contribution in [0.1, 0.15) is 60.6 Å². The number of likely N-dealkylation sites (tertiary alicyclic amines) is 1. The first-order chi connectivity index (χ1) is 13.0. The van der Waals surface area contributed by atoms with Gasteiger partial charge in [0, 0.05) is 30.2 Å². The molecule has 0 N–H and O–H groups in total. The van der Waals surface area contributed by atoms with Crippen molar-refractivity contribution in [1.82, 2.24) is 15.2 Å². The minimum Gasteiger partial charge on any atom is -0.361 e. The molecule has 1 aromatic carbocycles. The zero-order valence-electron chi connectivity index (χ0n) is 15.2. The molecule has 3 aromatic rings. The summed E-state index contributed by atoms with van der Waals surface area (Å²) in [6.07, 6.45) is 1.76. The first kappa shape index (κ1) is 17.8. The normalized spacial score (nSPS) is 17.0. The van der Waals surface area contributed by atoms with Crippen molar-refractivity contribution < 1.29 is 13.8 Å². The van der Waals surface area contributed by atoms with Crippen molar-refractivity contribution in [1.29, 1.82) is 0 Å². The highest BCUT2D eigenvalue weighted by Gasteiger charge is 2.34. The summed E-state index contributed by atoms with van der Waals surface area (Å²) in [5.41, 5.74) is 1.77. The average molecular weight is 386 g/mol. The van der Waals surface area contributed by atoms with Gasteiger partial charge < -0.3 is 13.9 Å². The van der Waals surface area contributed by atoms with E-state index in [9.17, 15) is 4.79 Å². The third-order valence-corrected chi connectivity index (χ3v) is 5.17. The SMILES string of the molecule is CC(C)c1cc([C@H]2CCCN2C(=O)c2cc(-c3ccccc3Cl)on2)no1. The van der Waals surface area contributed by atoms with Crippen LogP contribution in [0.15, 0.2) is 45.4 Å². The molecule has 7 heteroatoms. The summed E-state index contributed by atoms with van der Waals surface area (Å²) in [5.74, 6) is 1.38. The van der Waals surface area contributed by atoms with Crippen molar-refractivity contribution >= 4 is 17.5 Å². The maximum Gasteiger partial charge on any atom is 0.276 e. The summed E-state index contributed by atoms with van der Waals surface area (Å²) < 4.78 is 10.8. The van der Waals surface area contributed by atoms with E-state index < -0.39 is 0 Å². The lowest BCUT2D eigenvalue weighted by molar-refractivity contribution is 0.0720. The van der Waals surface area contributed by atoms with Gasteiger partial charge in [0.15, 0.2) is 11.5 Å². The second kappa shape index (κ2) is 7.19. The summed E-state index contributed by atoms with van der Waals surface area (Å²) in [6.45, 7) is 4.75. The number of carbonyl (C=O) groups excluding carboxylic acids is 1. The van der Waals surface area contributed by atoms with Crippen molar-refractivity contribution in [3.05, 3.63) is 58.6 Å². The molecule has 0 spiro atoms. The molecule has 3 heterocycles. The Morgan fingerprint density at radius 1 is 1.22 bits per heavy atom. The molecule has 1 saturated heterocycles. The predicted octanol–water partition coefficient (Wildman–Crippen LogP) is 5.08. The van der Waals surface area contributed by atoms with Gasteiger partial charge in [0.1, 0.15) is 11.5 Å². The molecule has 6 nitrogen and oxygen atoms in total. The van der Waals surface area contributed by atoms with Gasteiger partial charge in [-0.3, -0.25) is 4.79 Å². The topological polar surface area (TPSA) is 72.4 Å². The molecule has 1 atom stereocenters. The van der Waals surface area contributed by atoms with E-state index in [1.54, 1.807) is 17.0 Å². The van der Waals surface area contributed by atoms with Crippen molar-refractivity contribution in [3.63, 3.8) is 0 Å². The Morgan fingerprint density at radius 2 is 2.04 bits per heavy atom. The summed E-state index contributed by atoms with van der Waals surface area (Å²) >= 11 is 6.20. The Morgan fingerprint density at radius 3 is 2.78 bits per heavy atom. The average Bonchev–Trinajstić information content (AvgIpc) is 3.40. The first-order valence-corrected chi connectivity index (χ1v) is 9.41. The van der Waals surface area contributed by atoms with Gasteiger partial charge in [-0.1, -0.05) is 47.9 Å². The number of halogens is 1. The summed E-state index contributed by atoms with van der Waals surface area (Å²) in [5, 5.41) is 8.70. The fraction of sp³-hybridized carbons (Fsp3) is 0.350. The Kier molecular flexibility index (Phi) is 4.74. The van der Waals surface area contributed by atoms with Gasteiger partial charge >= 0.3 is 0 Å². The monoisotopic (exact) mass is 385 g/mol. The summed E-state index contributed by atoms with van der Waals surface area (Å²) in [7, 11) is 0. The van der Waals surface area contributed by atoms with Gasteiger partial charge in [0.05, 0.1) is 11.1 Å². The second-order valence-corrected chi connectivity index (χ2v) is 7.43. The molecule has 0 radical (unpaired) electrons. The molecule has 1 aliphatic rings. The number of nitrogens with zero attached hydrogens (tertiary/aromatic N) is 3. The molecule has 0 aliphatic carbocycles. The molecule has 1 fully saturated rings. The quantitative estimate of drug-likeness (QED) is 0.625. The van der Waals surface area contributed by atoms with Crippen LogP contribution < -0.4 is 0 Å². The number of amides is 1. The Bertz CT molecular complexity index is 963. The molecule has 1 aliphatic heterocycles. The lowest BCUT2D eigenvalue weighted by atomic mass is 10.1. The molecule has 4 rings (SSSR count). The highest BCUT2D eigenvalue weighted by Crippen LogP contribution is 2.34. The number of rotatable bonds is 4. The van der Waals surface area contributed by atoms with Crippen molar-refractivity contribution in [2.45, 2.75) is 38.6 Å². The number of carbonyl (C=O) groups is 1. The van der Waals surface area contributed by atoms with Crippen molar-refractivity contribution in [3.8, 4) is 11.3 Å². The lowest BCUT2D eigenvalue weighted by Gasteiger charge is -2.21. The van der Waals surface area contributed by atoms with E-state index in [1.807, 2.05) is 38.1 Å². The van der Waals surface area contributed by atoms with Crippen LogP contribution in [0.4, 0.5) is 0 Å². The van der Waals surface area contributed by atoms with E-state index in [0.29, 0.717) is 22.9 Å². The van der Waals surface area contributed by atoms with E-state index >= 15 is 0 Å². The Balaban J connectivity index is 1.58. The lowest BCUT2D eigenvalue weighted by Crippen LogP contribution is -2.30. The largest absolute Gasteiger partial charge is 0.361 e. The van der Waals surface area contributed by atoms with Crippen LogP contribution in [0.25, 0.3) is 11.3 Å². The molecule has 27 heavy (non-hydrogen) atoms. The Hall–Kier alpha value is -2.60. The molecular formula is C20H20ClN3O3. The van der Waals surface area contributed by atoms with Crippen LogP contribution in [-0.2, 0) is 0 Å². The Labute approximate surface area is 162 Å². The van der Waals surface area contributed by atoms with E-state index in [4.69, 9.17) is 20.6 Å². The summed E-state index contributed by atoms with van der Waals surface area (Å²) in [4.78, 5) is 14.8. The molecule has 0 bridgehead atoms. The maximum atomic E-state index is 13.0. The van der Waals surface area contributed by atoms with Crippen LogP contribution in [-0.4, -0.2) is 27.7 Å². The van der Waals surface area contributed by atoms with Crippen LogP contribution in [0, 0.1) is 0 Å². The van der Waals surface area contributed by atoms with E-state index in [-0.39, 0.29) is 23.6 Å². The van der Waals surface area contributed by atoms with E-state index in [1.165, 1.54) is 0 Å². The van der Waals surface area contributed by atoms with Crippen molar-refractivity contribution in [2.75, 3.05) is 6.54 Å². The van der Waals surface area contributed by atoms with E-state index in [0.717, 1.165) is 24.3 Å². The van der Waals surface area contributed by atoms with Crippen LogP contribution in [0.3, 0.4) is 0 Å². The van der Waals surface area contributed by atoms with E-state index in [2.05, 4.69) is 10.3 Å². The standard InChI is InChI=1S/C20H20ClN3O3/c1-12(2)18-10-15(22-26-18)17-8-5-9-24(17)20(25)16-11-19(27-23-16)13-6-3-4-7-14(13)21/h3-4,6-7,10-12,17H,5,8-9H2,1-2H3/t17-/m1/s1. The molecule has 0 unspecified atom stereocenters. The second-order valence-electron chi connectivity index (χ2n) is 7.02. The zero-order valence-corrected chi connectivity index (χ0v) is 15.9. The van der Waals surface area contributed by atoms with Crippen LogP contribution in [0.2, 0.25) is 5.02 Å². The molecular weight excluding hydrogens is 366 g/mol. The molecule has 1 amide bonds. The number of benzene rings is 1. The third-order valence-electron chi connectivity index (χ3n) is 4.84. The highest BCUT2D eigenvalue weighted by molar-refractivity contribution is 6.33. The minimum atomic E-state index is -0.173. The minimum absolute atomic E-state index is 0.103. The molecule has 140 valence electrons. The van der Waals surface area contributed by atoms with Crippen LogP contribution in [0.5, 0.6) is 0 Å². The smallest absolute Gasteiger partial charge is 0.276 e. The third kappa shape index (κ3) is 3.37. The van der Waals surface area contributed by atoms with Gasteiger partial charge in [0.2, 0.25) is 0 Å². The molecule has 2 aromatic heterocycles. The van der Waals surface area contributed by atoms with Gasteiger partial charge in [-0.25, -0.2) is 0 Å². The number of hydrogen-bond acceptors (Lipinski definition) is 5. The van der Waals surface area contributed by atoms with Crippen molar-refractivity contribution in [2.24, 2.45) is 0 Å². The van der Waals surface area contributed by atoms with Gasteiger partial charge in [-0.2, -0.15) is 0 Å². The van der Waals surface area contributed by atoms with Gasteiger partial charge in [-0.05, 0) is 25.0 Å². The fourth-order valence-corrected chi connectivity index (χ4v) is 3.59. The molecule has 0 saturated carbocycles. The number of aromatic nitrogens is 2. The maximum absolute atomic E-state index is 13.0. The summed E-state index contributed by atoms with van der Waals surface area (Å²) in [6, 6.07) is 10.8. The predicted molar refractivity (Wildman–Crippen MR) is 101 cm³/mol. The zero-order chi connectivity index (χ0) is 19.0. The van der Waals surface area contributed by atoms with Crippen LogP contribution >= 0.6 is 11.6 Å². The first-order valence-electron chi connectivity index (χ1n) is 9.03. The number of hydrogen-bond donors (Lipinski definition) is 0. The fourth-order valence-electron chi connectivity index (χ4n) is 3.36. The highest BCUT2D eigenvalue weighted by atomic mass is 35.5. The van der Waals surface area contributed by atoms with Gasteiger partial charge in [0.25, 0.3) is 5.91 Å².